The second kappa shape index (κ2) is 7.31. The van der Waals surface area contributed by atoms with Gasteiger partial charge in [-0.2, -0.15) is 0 Å². The molecule has 0 fully saturated rings. The summed E-state index contributed by atoms with van der Waals surface area (Å²) >= 11 is 12.0. The minimum absolute atomic E-state index is 0.245. The lowest BCUT2D eigenvalue weighted by molar-refractivity contribution is 0.102. The van der Waals surface area contributed by atoms with Crippen molar-refractivity contribution in [1.82, 2.24) is 0 Å². The smallest absolute Gasteiger partial charge is 0.258 e. The van der Waals surface area contributed by atoms with E-state index in [9.17, 15) is 4.79 Å². The quantitative estimate of drug-likeness (QED) is 0.883. The van der Waals surface area contributed by atoms with Gasteiger partial charge in [0.05, 0.1) is 15.6 Å². The molecule has 4 nitrogen and oxygen atoms in total. The van der Waals surface area contributed by atoms with Gasteiger partial charge in [0.1, 0.15) is 12.4 Å². The predicted molar refractivity (Wildman–Crippen MR) is 85.4 cm³/mol. The summed E-state index contributed by atoms with van der Waals surface area (Å²) in [5, 5.41) is 3.34. The van der Waals surface area contributed by atoms with E-state index in [4.69, 9.17) is 33.7 Å². The maximum atomic E-state index is 12.2. The molecule has 0 heterocycles. The Kier molecular flexibility index (Phi) is 5.44. The number of halogens is 2. The second-order valence-corrected chi connectivity index (χ2v) is 5.03. The monoisotopic (exact) mass is 324 g/mol. The molecule has 0 unspecified atom stereocenters. The minimum Gasteiger partial charge on any atom is -0.492 e. The van der Waals surface area contributed by atoms with Crippen molar-refractivity contribution in [3.05, 3.63) is 58.1 Å². The fraction of sp³-hybridized carbons (Fsp3) is 0.133. The molecule has 0 atom stereocenters. The number of nitrogens with one attached hydrogen (secondary N) is 1. The van der Waals surface area contributed by atoms with Crippen molar-refractivity contribution in [3.8, 4) is 5.75 Å². The minimum atomic E-state index is -0.374. The third-order valence-electron chi connectivity index (χ3n) is 2.67. The van der Waals surface area contributed by atoms with Gasteiger partial charge in [0, 0.05) is 18.3 Å². The van der Waals surface area contributed by atoms with Crippen LogP contribution in [0.2, 0.25) is 10.0 Å². The molecule has 0 spiro atoms. The standard InChI is InChI=1S/C15H14Cl2N2O2/c16-12-5-2-6-13(17)14(12)15(20)19-10-3-1-4-11(9-10)21-8-7-18/h1-6,9H,7-8,18H2,(H,19,20). The van der Waals surface area contributed by atoms with Gasteiger partial charge in [0.15, 0.2) is 0 Å². The number of carbonyl (C=O) groups is 1. The van der Waals surface area contributed by atoms with Gasteiger partial charge in [-0.1, -0.05) is 35.3 Å². The number of carbonyl (C=O) groups excluding carboxylic acids is 1. The van der Waals surface area contributed by atoms with Crippen LogP contribution < -0.4 is 15.8 Å². The molecule has 0 aliphatic rings. The van der Waals surface area contributed by atoms with E-state index >= 15 is 0 Å². The summed E-state index contributed by atoms with van der Waals surface area (Å²) in [5.41, 5.74) is 6.21. The van der Waals surface area contributed by atoms with E-state index in [0.717, 1.165) is 0 Å². The van der Waals surface area contributed by atoms with Gasteiger partial charge in [-0.25, -0.2) is 0 Å². The van der Waals surface area contributed by atoms with Gasteiger partial charge >= 0.3 is 0 Å². The van der Waals surface area contributed by atoms with E-state index in [1.54, 1.807) is 42.5 Å². The first-order valence-corrected chi connectivity index (χ1v) is 7.05. The van der Waals surface area contributed by atoms with Crippen LogP contribution >= 0.6 is 23.2 Å². The number of anilines is 1. The maximum absolute atomic E-state index is 12.2. The Labute approximate surface area is 132 Å². The molecule has 0 aliphatic carbocycles. The molecule has 0 bridgehead atoms. The van der Waals surface area contributed by atoms with Crippen LogP contribution in [0.5, 0.6) is 5.75 Å². The number of benzene rings is 2. The van der Waals surface area contributed by atoms with Gasteiger partial charge in [-0.3, -0.25) is 4.79 Å². The van der Waals surface area contributed by atoms with Crippen molar-refractivity contribution in [2.24, 2.45) is 5.73 Å². The number of rotatable bonds is 5. The highest BCUT2D eigenvalue weighted by Gasteiger charge is 2.14. The number of hydrogen-bond donors (Lipinski definition) is 2. The van der Waals surface area contributed by atoms with E-state index in [1.807, 2.05) is 0 Å². The topological polar surface area (TPSA) is 64.3 Å². The first-order valence-electron chi connectivity index (χ1n) is 6.30. The summed E-state index contributed by atoms with van der Waals surface area (Å²) in [6.07, 6.45) is 0. The van der Waals surface area contributed by atoms with Gasteiger partial charge in [0.2, 0.25) is 0 Å². The van der Waals surface area contributed by atoms with Gasteiger partial charge in [0.25, 0.3) is 5.91 Å². The lowest BCUT2D eigenvalue weighted by Crippen LogP contribution is -2.14. The van der Waals surface area contributed by atoms with Crippen molar-refractivity contribution in [2.75, 3.05) is 18.5 Å². The molecular weight excluding hydrogens is 311 g/mol. The van der Waals surface area contributed by atoms with Gasteiger partial charge < -0.3 is 15.8 Å². The zero-order valence-electron chi connectivity index (χ0n) is 11.1. The van der Waals surface area contributed by atoms with Crippen LogP contribution in [0, 0.1) is 0 Å². The zero-order valence-corrected chi connectivity index (χ0v) is 12.6. The van der Waals surface area contributed by atoms with Crippen molar-refractivity contribution in [1.29, 1.82) is 0 Å². The Hall–Kier alpha value is -1.75. The van der Waals surface area contributed by atoms with E-state index in [2.05, 4.69) is 5.32 Å². The van der Waals surface area contributed by atoms with Crippen LogP contribution in [0.15, 0.2) is 42.5 Å². The fourth-order valence-corrected chi connectivity index (χ4v) is 2.32. The fourth-order valence-electron chi connectivity index (χ4n) is 1.75. The molecule has 2 aromatic rings. The van der Waals surface area contributed by atoms with Crippen LogP contribution in [0.1, 0.15) is 10.4 Å². The number of amides is 1. The molecule has 21 heavy (non-hydrogen) atoms. The largest absolute Gasteiger partial charge is 0.492 e. The van der Waals surface area contributed by atoms with E-state index in [1.165, 1.54) is 0 Å². The lowest BCUT2D eigenvalue weighted by Gasteiger charge is -2.10. The van der Waals surface area contributed by atoms with Crippen molar-refractivity contribution >= 4 is 34.8 Å². The van der Waals surface area contributed by atoms with Crippen molar-refractivity contribution < 1.29 is 9.53 Å². The number of hydrogen-bond acceptors (Lipinski definition) is 3. The summed E-state index contributed by atoms with van der Waals surface area (Å²) in [7, 11) is 0. The SMILES string of the molecule is NCCOc1cccc(NC(=O)c2c(Cl)cccc2Cl)c1. The normalized spacial score (nSPS) is 10.2. The highest BCUT2D eigenvalue weighted by Crippen LogP contribution is 2.26. The van der Waals surface area contributed by atoms with Crippen LogP contribution in [0.3, 0.4) is 0 Å². The first-order chi connectivity index (χ1) is 10.1. The van der Waals surface area contributed by atoms with E-state index in [0.29, 0.717) is 34.6 Å². The molecule has 0 radical (unpaired) electrons. The predicted octanol–water partition coefficient (Wildman–Crippen LogP) is 3.58. The Balaban J connectivity index is 2.16. The molecule has 0 aromatic heterocycles. The number of nitrogens with two attached hydrogens (primary N) is 1. The molecule has 2 rings (SSSR count). The first kappa shape index (κ1) is 15.6. The van der Waals surface area contributed by atoms with Crippen LogP contribution in [0.4, 0.5) is 5.69 Å². The molecular formula is C15H14Cl2N2O2. The maximum Gasteiger partial charge on any atom is 0.258 e. The van der Waals surface area contributed by atoms with Crippen LogP contribution in [0.25, 0.3) is 0 Å². The Morgan fingerprint density at radius 2 is 1.81 bits per heavy atom. The Morgan fingerprint density at radius 1 is 1.14 bits per heavy atom. The summed E-state index contributed by atoms with van der Waals surface area (Å²) in [5.74, 6) is 0.255. The highest BCUT2D eigenvalue weighted by atomic mass is 35.5. The average Bonchev–Trinajstić information content (AvgIpc) is 2.45. The molecule has 2 aromatic carbocycles. The van der Waals surface area contributed by atoms with Crippen molar-refractivity contribution in [2.45, 2.75) is 0 Å². The number of ether oxygens (including phenoxy) is 1. The molecule has 0 saturated carbocycles. The van der Waals surface area contributed by atoms with Crippen LogP contribution in [-0.4, -0.2) is 19.1 Å². The molecule has 3 N–H and O–H groups in total. The van der Waals surface area contributed by atoms with Gasteiger partial charge in [-0.05, 0) is 24.3 Å². The van der Waals surface area contributed by atoms with Crippen LogP contribution in [-0.2, 0) is 0 Å². The Bertz CT molecular complexity index is 627. The highest BCUT2D eigenvalue weighted by molar-refractivity contribution is 6.40. The molecule has 110 valence electrons. The molecule has 0 saturated heterocycles. The molecule has 1 amide bonds. The van der Waals surface area contributed by atoms with Gasteiger partial charge in [-0.15, -0.1) is 0 Å². The summed E-state index contributed by atoms with van der Waals surface area (Å²) < 4.78 is 5.40. The lowest BCUT2D eigenvalue weighted by atomic mass is 10.2. The van der Waals surface area contributed by atoms with E-state index < -0.39 is 0 Å². The third kappa shape index (κ3) is 4.11. The Morgan fingerprint density at radius 3 is 2.48 bits per heavy atom. The van der Waals surface area contributed by atoms with E-state index in [-0.39, 0.29) is 11.5 Å². The zero-order chi connectivity index (χ0) is 15.2. The summed E-state index contributed by atoms with van der Waals surface area (Å²) in [6.45, 7) is 0.833. The molecule has 0 aliphatic heterocycles. The molecule has 6 heteroatoms. The second-order valence-electron chi connectivity index (χ2n) is 4.22. The third-order valence-corrected chi connectivity index (χ3v) is 3.30. The average molecular weight is 325 g/mol. The van der Waals surface area contributed by atoms with Crippen molar-refractivity contribution in [3.63, 3.8) is 0 Å². The summed E-state index contributed by atoms with van der Waals surface area (Å²) in [4.78, 5) is 12.2. The summed E-state index contributed by atoms with van der Waals surface area (Å²) in [6, 6.07) is 11.9.